The molecule has 24 heavy (non-hydrogen) atoms. The normalized spacial score (nSPS) is 14.5. The van der Waals surface area contributed by atoms with Crippen molar-refractivity contribution in [2.45, 2.75) is 19.8 Å². The van der Waals surface area contributed by atoms with Crippen molar-refractivity contribution in [1.29, 1.82) is 0 Å². The smallest absolute Gasteiger partial charge is 0.152 e. The van der Waals surface area contributed by atoms with E-state index >= 15 is 0 Å². The Balaban J connectivity index is 1.87. The molecule has 0 radical (unpaired) electrons. The van der Waals surface area contributed by atoms with E-state index < -0.39 is 0 Å². The molecule has 0 unspecified atom stereocenters. The molecule has 0 saturated heterocycles. The van der Waals surface area contributed by atoms with Crippen molar-refractivity contribution in [2.75, 3.05) is 12.3 Å². The first-order chi connectivity index (χ1) is 11.8. The number of benzene rings is 1. The van der Waals surface area contributed by atoms with E-state index in [9.17, 15) is 0 Å². The predicted molar refractivity (Wildman–Crippen MR) is 101 cm³/mol. The third kappa shape index (κ3) is 3.71. The van der Waals surface area contributed by atoms with Crippen molar-refractivity contribution in [3.63, 3.8) is 0 Å². The van der Waals surface area contributed by atoms with Gasteiger partial charge in [-0.1, -0.05) is 55.5 Å². The first-order valence-corrected chi connectivity index (χ1v) is 8.27. The number of nitrogen functional groups attached to an aromatic ring is 1. The summed E-state index contributed by atoms with van der Waals surface area (Å²) in [5.74, 6) is 0.452. The number of aromatic nitrogens is 2. The summed E-state index contributed by atoms with van der Waals surface area (Å²) >= 11 is 0. The van der Waals surface area contributed by atoms with E-state index in [0.717, 1.165) is 36.1 Å². The highest BCUT2D eigenvalue weighted by Crippen LogP contribution is 2.20. The Bertz CT molecular complexity index is 844. The van der Waals surface area contributed by atoms with E-state index in [1.54, 1.807) is 0 Å². The van der Waals surface area contributed by atoms with Crippen LogP contribution in [-0.2, 0) is 0 Å². The van der Waals surface area contributed by atoms with Gasteiger partial charge in [-0.3, -0.25) is 0 Å². The molecule has 1 heterocycles. The highest BCUT2D eigenvalue weighted by molar-refractivity contribution is 5.80. The van der Waals surface area contributed by atoms with Crippen molar-refractivity contribution >= 4 is 22.5 Å². The molecule has 4 heteroatoms. The van der Waals surface area contributed by atoms with Crippen LogP contribution >= 0.6 is 0 Å². The molecule has 0 atom stereocenters. The standard InChI is InChI=1S/C20H22N4/c1-2-9-18(22-14-15-10-5-3-4-6-11-15)19-20(21)24-17-13-8-7-12-16(17)23-19/h3-5,7-13,22H,2,6,14H2,1H3,(H2,21,24)/b18-9+. The topological polar surface area (TPSA) is 63.8 Å². The molecule has 1 aliphatic carbocycles. The van der Waals surface area contributed by atoms with Crippen molar-refractivity contribution < 1.29 is 0 Å². The first kappa shape index (κ1) is 16.0. The van der Waals surface area contributed by atoms with Gasteiger partial charge in [-0.15, -0.1) is 0 Å². The summed E-state index contributed by atoms with van der Waals surface area (Å²) in [5, 5.41) is 3.47. The van der Waals surface area contributed by atoms with E-state index in [0.29, 0.717) is 11.5 Å². The summed E-state index contributed by atoms with van der Waals surface area (Å²) in [4.78, 5) is 9.19. The average molecular weight is 318 g/mol. The number of fused-ring (bicyclic) bond motifs is 1. The van der Waals surface area contributed by atoms with Crippen molar-refractivity contribution in [2.24, 2.45) is 0 Å². The molecule has 0 saturated carbocycles. The van der Waals surface area contributed by atoms with Gasteiger partial charge in [0.05, 0.1) is 16.7 Å². The Morgan fingerprint density at radius 1 is 1.21 bits per heavy atom. The molecule has 122 valence electrons. The minimum Gasteiger partial charge on any atom is -0.382 e. The molecule has 0 spiro atoms. The molecule has 1 aliphatic rings. The van der Waals surface area contributed by atoms with Crippen molar-refractivity contribution in [3.05, 3.63) is 72.0 Å². The lowest BCUT2D eigenvalue weighted by Crippen LogP contribution is -2.17. The largest absolute Gasteiger partial charge is 0.382 e. The van der Waals surface area contributed by atoms with Gasteiger partial charge in [0.25, 0.3) is 0 Å². The molecule has 1 aromatic carbocycles. The second kappa shape index (κ2) is 7.59. The zero-order valence-electron chi connectivity index (χ0n) is 13.9. The van der Waals surface area contributed by atoms with Crippen LogP contribution in [0.15, 0.2) is 66.3 Å². The SMILES string of the molecule is CC/C=C(/NCC1=CCC=CC=C1)c1nc2ccccc2nc1N. The second-order valence-corrected chi connectivity index (χ2v) is 5.63. The molecule has 0 fully saturated rings. The Morgan fingerprint density at radius 3 is 2.79 bits per heavy atom. The molecule has 3 N–H and O–H groups in total. The lowest BCUT2D eigenvalue weighted by molar-refractivity contribution is 0.953. The fraction of sp³-hybridized carbons (Fsp3) is 0.200. The summed E-state index contributed by atoms with van der Waals surface area (Å²) in [6.07, 6.45) is 14.6. The molecule has 0 aliphatic heterocycles. The molecule has 0 amide bonds. The third-order valence-corrected chi connectivity index (χ3v) is 3.82. The van der Waals surface area contributed by atoms with E-state index in [1.807, 2.05) is 24.3 Å². The van der Waals surface area contributed by atoms with Crippen LogP contribution < -0.4 is 11.1 Å². The lowest BCUT2D eigenvalue weighted by atomic mass is 10.2. The van der Waals surface area contributed by atoms with Gasteiger partial charge in [-0.2, -0.15) is 0 Å². The van der Waals surface area contributed by atoms with Gasteiger partial charge in [0.15, 0.2) is 5.82 Å². The van der Waals surface area contributed by atoms with Crippen LogP contribution in [0.25, 0.3) is 16.7 Å². The number of nitrogens with two attached hydrogens (primary N) is 1. The number of hydrogen-bond acceptors (Lipinski definition) is 4. The Hall–Kier alpha value is -2.88. The summed E-state index contributed by atoms with van der Waals surface area (Å²) in [6, 6.07) is 7.78. The fourth-order valence-electron chi connectivity index (χ4n) is 2.62. The monoisotopic (exact) mass is 318 g/mol. The molecule has 1 aromatic heterocycles. The Kier molecular flexibility index (Phi) is 5.06. The Morgan fingerprint density at radius 2 is 2.00 bits per heavy atom. The average Bonchev–Trinajstić information content (AvgIpc) is 2.87. The zero-order chi connectivity index (χ0) is 16.8. The summed E-state index contributed by atoms with van der Waals surface area (Å²) in [6.45, 7) is 2.83. The van der Waals surface area contributed by atoms with E-state index in [2.05, 4.69) is 53.7 Å². The van der Waals surface area contributed by atoms with Crippen LogP contribution in [0, 0.1) is 0 Å². The molecular formula is C20H22N4. The van der Waals surface area contributed by atoms with Gasteiger partial charge in [-0.05, 0) is 30.5 Å². The predicted octanol–water partition coefficient (Wildman–Crippen LogP) is 4.00. The number of para-hydroxylation sites is 2. The van der Waals surface area contributed by atoms with E-state index in [1.165, 1.54) is 5.57 Å². The van der Waals surface area contributed by atoms with Crippen LogP contribution in [-0.4, -0.2) is 16.5 Å². The maximum atomic E-state index is 6.16. The highest BCUT2D eigenvalue weighted by Gasteiger charge is 2.11. The van der Waals surface area contributed by atoms with Gasteiger partial charge < -0.3 is 11.1 Å². The van der Waals surface area contributed by atoms with Gasteiger partial charge in [0.2, 0.25) is 0 Å². The van der Waals surface area contributed by atoms with Gasteiger partial charge in [0, 0.05) is 6.54 Å². The van der Waals surface area contributed by atoms with E-state index in [-0.39, 0.29) is 0 Å². The summed E-state index contributed by atoms with van der Waals surface area (Å²) in [7, 11) is 0. The molecule has 4 nitrogen and oxygen atoms in total. The minimum absolute atomic E-state index is 0.452. The van der Waals surface area contributed by atoms with Crippen LogP contribution in [0.5, 0.6) is 0 Å². The fourth-order valence-corrected chi connectivity index (χ4v) is 2.62. The van der Waals surface area contributed by atoms with E-state index in [4.69, 9.17) is 10.7 Å². The van der Waals surface area contributed by atoms with Crippen LogP contribution in [0.2, 0.25) is 0 Å². The molecule has 3 rings (SSSR count). The summed E-state index contributed by atoms with van der Waals surface area (Å²) in [5.41, 5.74) is 10.7. The number of allylic oxidation sites excluding steroid dienone is 5. The number of hydrogen-bond donors (Lipinski definition) is 2. The minimum atomic E-state index is 0.452. The number of nitrogens with zero attached hydrogens (tertiary/aromatic N) is 2. The maximum absolute atomic E-state index is 6.16. The summed E-state index contributed by atoms with van der Waals surface area (Å²) < 4.78 is 0. The van der Waals surface area contributed by atoms with Gasteiger partial charge in [-0.25, -0.2) is 9.97 Å². The number of anilines is 1. The van der Waals surface area contributed by atoms with Crippen LogP contribution in [0.1, 0.15) is 25.5 Å². The van der Waals surface area contributed by atoms with Gasteiger partial charge >= 0.3 is 0 Å². The highest BCUT2D eigenvalue weighted by atomic mass is 15.0. The number of rotatable bonds is 5. The van der Waals surface area contributed by atoms with Crippen molar-refractivity contribution in [1.82, 2.24) is 15.3 Å². The maximum Gasteiger partial charge on any atom is 0.152 e. The quantitative estimate of drug-likeness (QED) is 0.875. The molecule has 2 aromatic rings. The lowest BCUT2D eigenvalue weighted by Gasteiger charge is -2.13. The first-order valence-electron chi connectivity index (χ1n) is 8.27. The Labute approximate surface area is 142 Å². The third-order valence-electron chi connectivity index (χ3n) is 3.82. The molecular weight excluding hydrogens is 296 g/mol. The van der Waals surface area contributed by atoms with Crippen LogP contribution in [0.3, 0.4) is 0 Å². The molecule has 0 bridgehead atoms. The number of nitrogens with one attached hydrogen (secondary N) is 1. The zero-order valence-corrected chi connectivity index (χ0v) is 13.9. The van der Waals surface area contributed by atoms with Crippen molar-refractivity contribution in [3.8, 4) is 0 Å². The van der Waals surface area contributed by atoms with Crippen LogP contribution in [0.4, 0.5) is 5.82 Å². The van der Waals surface area contributed by atoms with Gasteiger partial charge in [0.1, 0.15) is 5.69 Å². The second-order valence-electron chi connectivity index (χ2n) is 5.63.